The summed E-state index contributed by atoms with van der Waals surface area (Å²) in [7, 11) is 3.48. The number of ether oxygens (including phenoxy) is 2. The van der Waals surface area contributed by atoms with Crippen molar-refractivity contribution in [1.82, 2.24) is 0 Å². The van der Waals surface area contributed by atoms with Gasteiger partial charge in [-0.05, 0) is 35.3 Å². The molecule has 2 fully saturated rings. The molecule has 220 valence electrons. The first-order chi connectivity index (χ1) is 19.1. The van der Waals surface area contributed by atoms with Crippen molar-refractivity contribution in [2.24, 2.45) is 0 Å². The van der Waals surface area contributed by atoms with E-state index in [1.807, 2.05) is 42.5 Å². The Bertz CT molecular complexity index is 1050. The number of aliphatic hydroxyl groups is 3. The summed E-state index contributed by atoms with van der Waals surface area (Å²) >= 11 is 0. The number of allylic oxidation sites excluding steroid dienone is 1. The van der Waals surface area contributed by atoms with E-state index >= 15 is 0 Å². The van der Waals surface area contributed by atoms with Crippen LogP contribution >= 0.6 is 0 Å². The lowest BCUT2D eigenvalue weighted by atomic mass is 9.97. The van der Waals surface area contributed by atoms with Gasteiger partial charge in [0, 0.05) is 0 Å². The minimum Gasteiger partial charge on any atom is -0.488 e. The molecule has 1 heterocycles. The standard InChI is InChI=1S/C26H33NO7.C6H12/c1-4-18(19-8-6-5-7-9-19)16-17-10-12-20(13-11-17)33-15-14-27(2,3)25-23(30)21(28)22(29)24(34-25)26(31)32;1-2-4-6-5-3-1/h5-13,16,21-25,28-30H,4,14-15H2,1-3H3;1-6H2/p+1/b18-16-;/t21-,22-,23-,24?,25+;/m0./s1. The van der Waals surface area contributed by atoms with Crippen molar-refractivity contribution in [2.45, 2.75) is 82.5 Å². The monoisotopic (exact) mass is 556 g/mol. The van der Waals surface area contributed by atoms with Gasteiger partial charge in [0.15, 0.2) is 12.2 Å². The number of benzene rings is 2. The molecule has 0 aromatic heterocycles. The van der Waals surface area contributed by atoms with Gasteiger partial charge in [-0.2, -0.15) is 0 Å². The average Bonchev–Trinajstić information content (AvgIpc) is 2.97. The fourth-order valence-corrected chi connectivity index (χ4v) is 5.13. The highest BCUT2D eigenvalue weighted by Gasteiger charge is 2.52. The predicted octanol–water partition coefficient (Wildman–Crippen LogP) is 4.33. The Labute approximate surface area is 238 Å². The van der Waals surface area contributed by atoms with Gasteiger partial charge in [0.1, 0.15) is 31.1 Å². The van der Waals surface area contributed by atoms with Crippen LogP contribution in [0.2, 0.25) is 0 Å². The van der Waals surface area contributed by atoms with Gasteiger partial charge in [-0.15, -0.1) is 0 Å². The predicted molar refractivity (Wildman–Crippen MR) is 156 cm³/mol. The zero-order valence-corrected chi connectivity index (χ0v) is 24.0. The number of aliphatic carboxylic acids is 1. The molecule has 4 N–H and O–H groups in total. The van der Waals surface area contributed by atoms with E-state index in [0.29, 0.717) is 12.3 Å². The Balaban J connectivity index is 0.000000649. The number of carbonyl (C=O) groups is 1. The van der Waals surface area contributed by atoms with E-state index in [2.05, 4.69) is 25.1 Å². The molecule has 0 amide bonds. The van der Waals surface area contributed by atoms with Crippen LogP contribution in [-0.4, -0.2) is 88.8 Å². The van der Waals surface area contributed by atoms with E-state index in [9.17, 15) is 25.2 Å². The fraction of sp³-hybridized carbons (Fsp3) is 0.531. The van der Waals surface area contributed by atoms with Crippen LogP contribution < -0.4 is 4.74 Å². The summed E-state index contributed by atoms with van der Waals surface area (Å²) in [5.74, 6) is -0.716. The lowest BCUT2D eigenvalue weighted by Crippen LogP contribution is -2.68. The number of nitrogens with zero attached hydrogens (tertiary/aromatic N) is 1. The number of quaternary nitrogens is 1. The van der Waals surface area contributed by atoms with Crippen LogP contribution in [0.25, 0.3) is 11.6 Å². The molecule has 1 aliphatic heterocycles. The summed E-state index contributed by atoms with van der Waals surface area (Å²) in [6.07, 6.45) is 4.64. The van der Waals surface area contributed by atoms with Crippen LogP contribution in [-0.2, 0) is 9.53 Å². The lowest BCUT2D eigenvalue weighted by Gasteiger charge is -2.46. The van der Waals surface area contributed by atoms with Gasteiger partial charge in [0.25, 0.3) is 0 Å². The van der Waals surface area contributed by atoms with E-state index in [1.165, 1.54) is 49.7 Å². The molecule has 5 atom stereocenters. The van der Waals surface area contributed by atoms with Crippen LogP contribution in [0.5, 0.6) is 5.75 Å². The number of carboxylic acid groups (broad SMARTS) is 1. The maximum absolute atomic E-state index is 11.4. The number of hydrogen-bond donors (Lipinski definition) is 4. The van der Waals surface area contributed by atoms with Gasteiger partial charge in [-0.3, -0.25) is 4.48 Å². The van der Waals surface area contributed by atoms with Crippen molar-refractivity contribution in [3.8, 4) is 5.75 Å². The maximum Gasteiger partial charge on any atom is 0.335 e. The van der Waals surface area contributed by atoms with E-state index in [0.717, 1.165) is 12.0 Å². The molecule has 0 bridgehead atoms. The van der Waals surface area contributed by atoms with Crippen LogP contribution in [0, 0.1) is 0 Å². The number of aliphatic hydroxyl groups excluding tert-OH is 3. The Morgan fingerprint density at radius 3 is 2.00 bits per heavy atom. The van der Waals surface area contributed by atoms with Gasteiger partial charge < -0.3 is 29.9 Å². The molecule has 1 saturated heterocycles. The summed E-state index contributed by atoms with van der Waals surface area (Å²) < 4.78 is 11.4. The largest absolute Gasteiger partial charge is 0.488 e. The van der Waals surface area contributed by atoms with Gasteiger partial charge >= 0.3 is 5.97 Å². The summed E-state index contributed by atoms with van der Waals surface area (Å²) in [5.41, 5.74) is 3.50. The Hall–Kier alpha value is -2.75. The molecule has 2 aliphatic rings. The number of rotatable bonds is 9. The van der Waals surface area contributed by atoms with Crippen molar-refractivity contribution in [2.75, 3.05) is 27.2 Å². The second-order valence-corrected chi connectivity index (χ2v) is 11.2. The molecule has 8 heteroatoms. The normalized spacial score (nSPS) is 25.4. The molecule has 40 heavy (non-hydrogen) atoms. The average molecular weight is 557 g/mol. The van der Waals surface area contributed by atoms with Crippen LogP contribution in [0.1, 0.15) is 63.0 Å². The molecule has 2 aromatic rings. The molecule has 1 saturated carbocycles. The summed E-state index contributed by atoms with van der Waals surface area (Å²) in [5, 5.41) is 39.6. The van der Waals surface area contributed by atoms with Crippen molar-refractivity contribution in [3.63, 3.8) is 0 Å². The first kappa shape index (κ1) is 31.8. The van der Waals surface area contributed by atoms with Crippen molar-refractivity contribution in [3.05, 3.63) is 65.7 Å². The van der Waals surface area contributed by atoms with Crippen molar-refractivity contribution >= 4 is 17.6 Å². The van der Waals surface area contributed by atoms with Crippen LogP contribution in [0.4, 0.5) is 0 Å². The van der Waals surface area contributed by atoms with Gasteiger partial charge in [0.2, 0.25) is 6.23 Å². The van der Waals surface area contributed by atoms with E-state index in [1.54, 1.807) is 14.1 Å². The minimum atomic E-state index is -1.71. The highest BCUT2D eigenvalue weighted by molar-refractivity contribution is 5.81. The molecular formula is C32H46NO7+. The van der Waals surface area contributed by atoms with Crippen LogP contribution in [0.3, 0.4) is 0 Å². The van der Waals surface area contributed by atoms with Crippen molar-refractivity contribution in [1.29, 1.82) is 0 Å². The van der Waals surface area contributed by atoms with Gasteiger partial charge in [-0.1, -0.05) is 94.0 Å². The fourth-order valence-electron chi connectivity index (χ4n) is 5.13. The maximum atomic E-state index is 11.4. The Kier molecular flexibility index (Phi) is 12.2. The summed E-state index contributed by atoms with van der Waals surface area (Å²) in [6.45, 7) is 2.77. The smallest absolute Gasteiger partial charge is 0.335 e. The third-order valence-electron chi connectivity index (χ3n) is 7.70. The number of carboxylic acids is 1. The third-order valence-corrected chi connectivity index (χ3v) is 7.70. The van der Waals surface area contributed by atoms with Crippen LogP contribution in [0.15, 0.2) is 54.6 Å². The molecular weight excluding hydrogens is 510 g/mol. The quantitative estimate of drug-likeness (QED) is 0.268. The van der Waals surface area contributed by atoms with Crippen molar-refractivity contribution < 1.29 is 39.2 Å². The molecule has 8 nitrogen and oxygen atoms in total. The highest BCUT2D eigenvalue weighted by atomic mass is 16.6. The van der Waals surface area contributed by atoms with E-state index in [4.69, 9.17) is 9.47 Å². The highest BCUT2D eigenvalue weighted by Crippen LogP contribution is 2.27. The SMILES string of the molecule is C1CCCCC1.CC/C(=C/c1ccc(OCC[N+](C)(C)[C@@H]2OC(C(=O)O)[C@@H](O)[C@H](O)[C@@H]2O)cc1)c1ccccc1. The first-order valence-electron chi connectivity index (χ1n) is 14.4. The molecule has 1 unspecified atom stereocenters. The zero-order chi connectivity index (χ0) is 29.1. The topological polar surface area (TPSA) is 116 Å². The van der Waals surface area contributed by atoms with Gasteiger partial charge in [-0.25, -0.2) is 4.79 Å². The molecule has 0 spiro atoms. The molecule has 1 aliphatic carbocycles. The second kappa shape index (κ2) is 15.3. The first-order valence-corrected chi connectivity index (χ1v) is 14.4. The van der Waals surface area contributed by atoms with E-state index < -0.39 is 36.6 Å². The van der Waals surface area contributed by atoms with Gasteiger partial charge in [0.05, 0.1) is 14.1 Å². The number of hydrogen-bond acceptors (Lipinski definition) is 6. The molecule has 2 aromatic carbocycles. The summed E-state index contributed by atoms with van der Waals surface area (Å²) in [4.78, 5) is 11.4. The number of likely N-dealkylation sites (N-methyl/N-ethyl adjacent to an activating group) is 1. The zero-order valence-electron chi connectivity index (χ0n) is 24.0. The Morgan fingerprint density at radius 2 is 1.48 bits per heavy atom. The lowest BCUT2D eigenvalue weighted by molar-refractivity contribution is -0.944. The molecule has 0 radical (unpaired) electrons. The Morgan fingerprint density at radius 1 is 0.900 bits per heavy atom. The van der Waals surface area contributed by atoms with E-state index in [-0.39, 0.29) is 11.1 Å². The molecule has 4 rings (SSSR count). The third kappa shape index (κ3) is 8.88. The second-order valence-electron chi connectivity index (χ2n) is 11.2. The minimum absolute atomic E-state index is 0.0342. The summed E-state index contributed by atoms with van der Waals surface area (Å²) in [6, 6.07) is 18.0.